The molecule has 0 saturated carbocycles. The smallest absolute Gasteiger partial charge is 0.150 e. The maximum atomic E-state index is 11.3. The minimum absolute atomic E-state index is 0.0288. The van der Waals surface area contributed by atoms with Crippen molar-refractivity contribution in [3.05, 3.63) is 0 Å². The van der Waals surface area contributed by atoms with Crippen LogP contribution in [0.15, 0.2) is 0 Å². The zero-order valence-corrected chi connectivity index (χ0v) is 10.8. The lowest BCUT2D eigenvalue weighted by Gasteiger charge is -2.17. The summed E-state index contributed by atoms with van der Waals surface area (Å²) in [6, 6.07) is -0.0288. The molecule has 1 rings (SSSR count). The molecule has 2 unspecified atom stereocenters. The Morgan fingerprint density at radius 2 is 2.19 bits per heavy atom. The largest absolute Gasteiger partial charge is 0.381 e. The van der Waals surface area contributed by atoms with Gasteiger partial charge in [0.05, 0.1) is 11.5 Å². The Morgan fingerprint density at radius 1 is 1.44 bits per heavy atom. The molecule has 1 fully saturated rings. The van der Waals surface area contributed by atoms with Crippen molar-refractivity contribution >= 4 is 9.84 Å². The summed E-state index contributed by atoms with van der Waals surface area (Å²) in [6.07, 6.45) is 3.70. The molecule has 1 heterocycles. The highest BCUT2D eigenvalue weighted by molar-refractivity contribution is 7.91. The molecule has 0 aromatic heterocycles. The van der Waals surface area contributed by atoms with Crippen LogP contribution in [0.3, 0.4) is 0 Å². The molecule has 1 aliphatic heterocycles. The highest BCUT2D eigenvalue weighted by atomic mass is 32.2. The van der Waals surface area contributed by atoms with Crippen molar-refractivity contribution in [2.75, 3.05) is 24.7 Å². The van der Waals surface area contributed by atoms with E-state index in [4.69, 9.17) is 10.5 Å². The molecule has 16 heavy (non-hydrogen) atoms. The third-order valence-electron chi connectivity index (χ3n) is 3.11. The summed E-state index contributed by atoms with van der Waals surface area (Å²) in [5.41, 5.74) is 5.97. The van der Waals surface area contributed by atoms with Crippen LogP contribution in [0.1, 0.15) is 32.6 Å². The van der Waals surface area contributed by atoms with Gasteiger partial charge in [-0.05, 0) is 25.2 Å². The minimum atomic E-state index is -2.80. The Morgan fingerprint density at radius 3 is 2.75 bits per heavy atom. The first kappa shape index (κ1) is 13.9. The topological polar surface area (TPSA) is 69.4 Å². The molecule has 5 heteroatoms. The van der Waals surface area contributed by atoms with E-state index < -0.39 is 9.84 Å². The molecule has 0 aliphatic carbocycles. The van der Waals surface area contributed by atoms with Crippen molar-refractivity contribution in [2.45, 2.75) is 38.6 Å². The van der Waals surface area contributed by atoms with Crippen LogP contribution in [0, 0.1) is 5.92 Å². The standard InChI is InChI=1S/C11H23NO3S/c1-2-3-6-15-7-4-11(12)10-5-8-16(13,14)9-10/h10-11H,2-9,12H2,1H3. The number of hydrogen-bond donors (Lipinski definition) is 1. The van der Waals surface area contributed by atoms with Gasteiger partial charge in [-0.15, -0.1) is 0 Å². The van der Waals surface area contributed by atoms with Gasteiger partial charge in [-0.1, -0.05) is 13.3 Å². The number of sulfone groups is 1. The Balaban J connectivity index is 2.14. The van der Waals surface area contributed by atoms with Crippen molar-refractivity contribution in [3.8, 4) is 0 Å². The number of nitrogens with two attached hydrogens (primary N) is 1. The average molecular weight is 249 g/mol. The van der Waals surface area contributed by atoms with E-state index >= 15 is 0 Å². The molecule has 96 valence electrons. The molecule has 0 amide bonds. The molecule has 1 aliphatic rings. The van der Waals surface area contributed by atoms with Crippen molar-refractivity contribution < 1.29 is 13.2 Å². The fourth-order valence-electron chi connectivity index (χ4n) is 1.97. The number of unbranched alkanes of at least 4 members (excludes halogenated alkanes) is 1. The van der Waals surface area contributed by atoms with Crippen molar-refractivity contribution in [3.63, 3.8) is 0 Å². The first-order chi connectivity index (χ1) is 7.55. The van der Waals surface area contributed by atoms with Gasteiger partial charge in [0.2, 0.25) is 0 Å². The van der Waals surface area contributed by atoms with E-state index in [1.54, 1.807) is 0 Å². The molecule has 4 nitrogen and oxygen atoms in total. The van der Waals surface area contributed by atoms with Gasteiger partial charge >= 0.3 is 0 Å². The zero-order valence-electron chi connectivity index (χ0n) is 10.0. The van der Waals surface area contributed by atoms with Crippen molar-refractivity contribution in [1.82, 2.24) is 0 Å². The van der Waals surface area contributed by atoms with Gasteiger partial charge in [0, 0.05) is 19.3 Å². The first-order valence-electron chi connectivity index (χ1n) is 6.09. The lowest BCUT2D eigenvalue weighted by atomic mass is 9.98. The van der Waals surface area contributed by atoms with Crippen LogP contribution >= 0.6 is 0 Å². The summed E-state index contributed by atoms with van der Waals surface area (Å²) < 4.78 is 28.0. The summed E-state index contributed by atoms with van der Waals surface area (Å²) >= 11 is 0. The third-order valence-corrected chi connectivity index (χ3v) is 4.90. The van der Waals surface area contributed by atoms with Gasteiger partial charge in [-0.3, -0.25) is 0 Å². The van der Waals surface area contributed by atoms with Crippen LogP contribution in [-0.4, -0.2) is 39.2 Å². The van der Waals surface area contributed by atoms with E-state index in [1.807, 2.05) is 0 Å². The van der Waals surface area contributed by atoms with E-state index in [0.29, 0.717) is 12.4 Å². The average Bonchev–Trinajstić information content (AvgIpc) is 2.58. The van der Waals surface area contributed by atoms with Crippen LogP contribution in [-0.2, 0) is 14.6 Å². The fraction of sp³-hybridized carbons (Fsp3) is 1.00. The quantitative estimate of drug-likeness (QED) is 0.682. The molecular weight excluding hydrogens is 226 g/mol. The van der Waals surface area contributed by atoms with Gasteiger partial charge in [-0.25, -0.2) is 8.42 Å². The zero-order chi connectivity index (χ0) is 12.0. The Labute approximate surface area is 98.5 Å². The van der Waals surface area contributed by atoms with Crippen LogP contribution in [0.25, 0.3) is 0 Å². The summed E-state index contributed by atoms with van der Waals surface area (Å²) in [5, 5.41) is 0. The summed E-state index contributed by atoms with van der Waals surface area (Å²) in [5.74, 6) is 0.713. The second kappa shape index (κ2) is 6.57. The molecule has 0 radical (unpaired) electrons. The molecular formula is C11H23NO3S. The molecule has 0 bridgehead atoms. The Kier molecular flexibility index (Phi) is 5.72. The van der Waals surface area contributed by atoms with E-state index in [1.165, 1.54) is 0 Å². The molecule has 2 N–H and O–H groups in total. The second-order valence-electron chi connectivity index (χ2n) is 4.58. The monoisotopic (exact) mass is 249 g/mol. The number of ether oxygens (including phenoxy) is 1. The highest BCUT2D eigenvalue weighted by Crippen LogP contribution is 2.22. The number of rotatable bonds is 7. The van der Waals surface area contributed by atoms with Crippen molar-refractivity contribution in [2.24, 2.45) is 11.7 Å². The molecule has 0 aromatic carbocycles. The van der Waals surface area contributed by atoms with Gasteiger partial charge in [0.15, 0.2) is 9.84 Å². The fourth-order valence-corrected chi connectivity index (χ4v) is 3.86. The summed E-state index contributed by atoms with van der Waals surface area (Å²) in [6.45, 7) is 3.56. The normalized spacial score (nSPS) is 25.8. The Hall–Kier alpha value is -0.130. The summed E-state index contributed by atoms with van der Waals surface area (Å²) in [4.78, 5) is 0. The maximum absolute atomic E-state index is 11.3. The van der Waals surface area contributed by atoms with Gasteiger partial charge in [0.1, 0.15) is 0 Å². The number of hydrogen-bond acceptors (Lipinski definition) is 4. The molecule has 0 spiro atoms. The molecule has 1 saturated heterocycles. The second-order valence-corrected chi connectivity index (χ2v) is 6.81. The predicted molar refractivity (Wildman–Crippen MR) is 65.1 cm³/mol. The van der Waals surface area contributed by atoms with E-state index in [2.05, 4.69) is 6.92 Å². The van der Waals surface area contributed by atoms with E-state index in [0.717, 1.165) is 32.3 Å². The Bertz CT molecular complexity index is 290. The van der Waals surface area contributed by atoms with Crippen molar-refractivity contribution in [1.29, 1.82) is 0 Å². The van der Waals surface area contributed by atoms with Crippen LogP contribution in [0.2, 0.25) is 0 Å². The minimum Gasteiger partial charge on any atom is -0.381 e. The van der Waals surface area contributed by atoms with Crippen LogP contribution in [0.5, 0.6) is 0 Å². The van der Waals surface area contributed by atoms with E-state index in [9.17, 15) is 8.42 Å². The SMILES string of the molecule is CCCCOCCC(N)C1CCS(=O)(=O)C1. The lowest BCUT2D eigenvalue weighted by Crippen LogP contribution is -2.32. The summed E-state index contributed by atoms with van der Waals surface area (Å²) in [7, 11) is -2.80. The van der Waals surface area contributed by atoms with E-state index in [-0.39, 0.29) is 17.7 Å². The highest BCUT2D eigenvalue weighted by Gasteiger charge is 2.31. The van der Waals surface area contributed by atoms with Gasteiger partial charge in [-0.2, -0.15) is 0 Å². The predicted octanol–water partition coefficient (Wildman–Crippen LogP) is 0.955. The van der Waals surface area contributed by atoms with Crippen LogP contribution in [0.4, 0.5) is 0 Å². The molecule has 2 atom stereocenters. The third kappa shape index (κ3) is 4.80. The van der Waals surface area contributed by atoms with Crippen LogP contribution < -0.4 is 5.73 Å². The first-order valence-corrected chi connectivity index (χ1v) is 7.91. The molecule has 0 aromatic rings. The van der Waals surface area contributed by atoms with Gasteiger partial charge < -0.3 is 10.5 Å². The maximum Gasteiger partial charge on any atom is 0.150 e. The van der Waals surface area contributed by atoms with Gasteiger partial charge in [0.25, 0.3) is 0 Å². The lowest BCUT2D eigenvalue weighted by molar-refractivity contribution is 0.120.